The molecule has 56 valence electrons. The smallest absolute Gasteiger partial charge is 0.191 e. The molecule has 0 aliphatic carbocycles. The van der Waals surface area contributed by atoms with Gasteiger partial charge in [0.15, 0.2) is 3.79 Å². The minimum Gasteiger partial charge on any atom is -0.412 e. The van der Waals surface area contributed by atoms with Gasteiger partial charge in [0.25, 0.3) is 0 Å². The second-order valence-electron chi connectivity index (χ2n) is 1.32. The summed E-state index contributed by atoms with van der Waals surface area (Å²) in [6.45, 7) is 0. The maximum Gasteiger partial charge on any atom is 0.191 e. The van der Waals surface area contributed by atoms with Crippen molar-refractivity contribution < 1.29 is 10.3 Å². The van der Waals surface area contributed by atoms with E-state index >= 15 is 0 Å². The standard InChI is InChI=1S/C4H5Cl3O.H2O/c5-4(6,7)2-1-3-8;/h3H,1-2H2;1H2. The van der Waals surface area contributed by atoms with Crippen molar-refractivity contribution in [2.24, 2.45) is 0 Å². The van der Waals surface area contributed by atoms with E-state index in [0.29, 0.717) is 12.8 Å². The van der Waals surface area contributed by atoms with Crippen molar-refractivity contribution in [3.8, 4) is 0 Å². The van der Waals surface area contributed by atoms with Crippen LogP contribution in [0.3, 0.4) is 0 Å². The molecule has 0 spiro atoms. The lowest BCUT2D eigenvalue weighted by atomic mass is 10.4. The number of carbonyl (C=O) groups excluding carboxylic acids is 1. The van der Waals surface area contributed by atoms with E-state index in [-0.39, 0.29) is 5.48 Å². The van der Waals surface area contributed by atoms with E-state index < -0.39 is 3.79 Å². The first-order valence-corrected chi connectivity index (χ1v) is 3.20. The third-order valence-corrected chi connectivity index (χ3v) is 1.11. The molecule has 0 amide bonds. The van der Waals surface area contributed by atoms with Crippen molar-refractivity contribution >= 4 is 41.1 Å². The van der Waals surface area contributed by atoms with Gasteiger partial charge in [-0.1, -0.05) is 34.8 Å². The van der Waals surface area contributed by atoms with Gasteiger partial charge in [0.05, 0.1) is 0 Å². The summed E-state index contributed by atoms with van der Waals surface area (Å²) in [4.78, 5) is 9.68. The van der Waals surface area contributed by atoms with Gasteiger partial charge < -0.3 is 10.3 Å². The van der Waals surface area contributed by atoms with Crippen molar-refractivity contribution in [1.29, 1.82) is 0 Å². The molecule has 0 unspecified atom stereocenters. The van der Waals surface area contributed by atoms with Crippen molar-refractivity contribution in [2.75, 3.05) is 0 Å². The Morgan fingerprint density at radius 1 is 1.33 bits per heavy atom. The second kappa shape index (κ2) is 5.30. The number of hydrogen-bond acceptors (Lipinski definition) is 1. The first-order chi connectivity index (χ1) is 3.56. The molecule has 0 radical (unpaired) electrons. The van der Waals surface area contributed by atoms with Gasteiger partial charge in [0.1, 0.15) is 6.29 Å². The molecule has 0 aromatic carbocycles. The zero-order chi connectivity index (χ0) is 6.62. The fraction of sp³-hybridized carbons (Fsp3) is 0.750. The largest absolute Gasteiger partial charge is 0.412 e. The molecule has 2 N–H and O–H groups in total. The number of hydrogen-bond donors (Lipinski definition) is 0. The fourth-order valence-electron chi connectivity index (χ4n) is 0.223. The molecule has 0 heterocycles. The van der Waals surface area contributed by atoms with Gasteiger partial charge >= 0.3 is 0 Å². The molecule has 9 heavy (non-hydrogen) atoms. The lowest BCUT2D eigenvalue weighted by Crippen LogP contribution is -2.00. The minimum absolute atomic E-state index is 0. The molecule has 0 saturated carbocycles. The van der Waals surface area contributed by atoms with Gasteiger partial charge in [-0.3, -0.25) is 0 Å². The van der Waals surface area contributed by atoms with Gasteiger partial charge in [-0.15, -0.1) is 0 Å². The van der Waals surface area contributed by atoms with E-state index in [9.17, 15) is 4.79 Å². The maximum absolute atomic E-state index is 9.68. The highest BCUT2D eigenvalue weighted by atomic mass is 35.6. The molecule has 0 bridgehead atoms. The van der Waals surface area contributed by atoms with Crippen LogP contribution in [0, 0.1) is 0 Å². The molecule has 2 nitrogen and oxygen atoms in total. The van der Waals surface area contributed by atoms with Crippen LogP contribution in [0.5, 0.6) is 0 Å². The average Bonchev–Trinajstić information content (AvgIpc) is 1.59. The second-order valence-corrected chi connectivity index (χ2v) is 3.84. The zero-order valence-electron chi connectivity index (χ0n) is 4.53. The van der Waals surface area contributed by atoms with Gasteiger partial charge in [-0.25, -0.2) is 0 Å². The highest BCUT2D eigenvalue weighted by molar-refractivity contribution is 6.67. The van der Waals surface area contributed by atoms with Gasteiger partial charge in [-0.2, -0.15) is 0 Å². The predicted molar refractivity (Wildman–Crippen MR) is 39.2 cm³/mol. The van der Waals surface area contributed by atoms with Gasteiger partial charge in [0.2, 0.25) is 0 Å². The van der Waals surface area contributed by atoms with Crippen molar-refractivity contribution in [3.05, 3.63) is 0 Å². The zero-order valence-corrected chi connectivity index (χ0v) is 6.80. The Hall–Kier alpha value is 0.500. The maximum atomic E-state index is 9.68. The van der Waals surface area contributed by atoms with E-state index in [2.05, 4.69) is 0 Å². The van der Waals surface area contributed by atoms with Gasteiger partial charge in [0, 0.05) is 12.8 Å². The molecule has 0 fully saturated rings. The summed E-state index contributed by atoms with van der Waals surface area (Å²) in [6, 6.07) is 0. The van der Waals surface area contributed by atoms with Crippen LogP contribution in [0.4, 0.5) is 0 Å². The lowest BCUT2D eigenvalue weighted by molar-refractivity contribution is -0.107. The summed E-state index contributed by atoms with van der Waals surface area (Å²) in [5, 5.41) is 0. The molecule has 5 heteroatoms. The van der Waals surface area contributed by atoms with Crippen LogP contribution < -0.4 is 0 Å². The molecule has 0 aliphatic rings. The van der Waals surface area contributed by atoms with Crippen LogP contribution in [0.25, 0.3) is 0 Å². The molecule has 0 rings (SSSR count). The van der Waals surface area contributed by atoms with E-state index in [4.69, 9.17) is 34.8 Å². The first-order valence-electron chi connectivity index (χ1n) is 2.06. The monoisotopic (exact) mass is 192 g/mol. The summed E-state index contributed by atoms with van der Waals surface area (Å²) < 4.78 is -1.26. The van der Waals surface area contributed by atoms with Crippen molar-refractivity contribution in [3.63, 3.8) is 0 Å². The van der Waals surface area contributed by atoms with Crippen molar-refractivity contribution in [2.45, 2.75) is 16.6 Å². The lowest BCUT2D eigenvalue weighted by Gasteiger charge is -2.05. The molecule has 0 aromatic heterocycles. The van der Waals surface area contributed by atoms with E-state index in [0.717, 1.165) is 6.29 Å². The normalized spacial score (nSPS) is 10.1. The van der Waals surface area contributed by atoms with Crippen LogP contribution >= 0.6 is 34.8 Å². The number of halogens is 3. The van der Waals surface area contributed by atoms with E-state index in [1.54, 1.807) is 0 Å². The topological polar surface area (TPSA) is 48.6 Å². The average molecular weight is 193 g/mol. The summed E-state index contributed by atoms with van der Waals surface area (Å²) in [5.74, 6) is 0. The Labute approximate surface area is 68.4 Å². The molecular formula is C4H7Cl3O2. The Morgan fingerprint density at radius 2 is 1.78 bits per heavy atom. The summed E-state index contributed by atoms with van der Waals surface area (Å²) >= 11 is 15.9. The number of rotatable bonds is 2. The fourth-order valence-corrected chi connectivity index (χ4v) is 0.550. The Balaban J connectivity index is 0. The Kier molecular flexibility index (Phi) is 7.18. The van der Waals surface area contributed by atoms with Crippen molar-refractivity contribution in [1.82, 2.24) is 0 Å². The third kappa shape index (κ3) is 11.9. The van der Waals surface area contributed by atoms with E-state index in [1.165, 1.54) is 0 Å². The van der Waals surface area contributed by atoms with Gasteiger partial charge in [-0.05, 0) is 0 Å². The van der Waals surface area contributed by atoms with E-state index in [1.807, 2.05) is 0 Å². The quantitative estimate of drug-likeness (QED) is 0.484. The van der Waals surface area contributed by atoms with Crippen LogP contribution in [-0.2, 0) is 4.79 Å². The molecule has 0 atom stereocenters. The summed E-state index contributed by atoms with van der Waals surface area (Å²) in [6.07, 6.45) is 1.32. The number of alkyl halides is 3. The molecule has 0 saturated heterocycles. The molecular weight excluding hydrogens is 186 g/mol. The predicted octanol–water partition coefficient (Wildman–Crippen LogP) is 1.51. The number of aldehydes is 1. The highest BCUT2D eigenvalue weighted by Gasteiger charge is 2.17. The third-order valence-electron chi connectivity index (χ3n) is 0.546. The Morgan fingerprint density at radius 3 is 1.89 bits per heavy atom. The number of carbonyl (C=O) groups is 1. The first kappa shape index (κ1) is 12.2. The Bertz CT molecular complexity index is 78.4. The van der Waals surface area contributed by atoms with Crippen LogP contribution in [0.15, 0.2) is 0 Å². The minimum atomic E-state index is -1.26. The summed E-state index contributed by atoms with van der Waals surface area (Å²) in [7, 11) is 0. The van der Waals surface area contributed by atoms with Crippen LogP contribution in [0.2, 0.25) is 0 Å². The SMILES string of the molecule is O.O=CCCC(Cl)(Cl)Cl. The van der Waals surface area contributed by atoms with Crippen LogP contribution in [-0.4, -0.2) is 15.6 Å². The molecule has 0 aromatic rings. The summed E-state index contributed by atoms with van der Waals surface area (Å²) in [5.41, 5.74) is 0. The van der Waals surface area contributed by atoms with Crippen LogP contribution in [0.1, 0.15) is 12.8 Å². The molecule has 0 aliphatic heterocycles. The highest BCUT2D eigenvalue weighted by Crippen LogP contribution is 2.30.